The molecule has 0 spiro atoms. The number of hydrogen-bond donors (Lipinski definition) is 1. The van der Waals surface area contributed by atoms with E-state index < -0.39 is 5.97 Å². The molecule has 0 aliphatic carbocycles. The molecule has 20 heavy (non-hydrogen) atoms. The number of nitriles is 1. The zero-order valence-corrected chi connectivity index (χ0v) is 11.9. The number of thioether (sulfide) groups is 1. The molecule has 1 aromatic heterocycles. The Morgan fingerprint density at radius 2 is 2.25 bits per heavy atom. The van der Waals surface area contributed by atoms with Crippen molar-refractivity contribution in [2.45, 2.75) is 4.90 Å². The molecule has 2 rings (SSSR count). The lowest BCUT2D eigenvalue weighted by Gasteiger charge is -2.09. The average Bonchev–Trinajstić information content (AvgIpc) is 2.83. The summed E-state index contributed by atoms with van der Waals surface area (Å²) in [6, 6.07) is 9.57. The number of methoxy groups -OCH3 is 1. The number of nitrogens with two attached hydrogens (primary N) is 1. The van der Waals surface area contributed by atoms with Gasteiger partial charge in [0.2, 0.25) is 0 Å². The van der Waals surface area contributed by atoms with Gasteiger partial charge in [-0.15, -0.1) is 11.8 Å². The summed E-state index contributed by atoms with van der Waals surface area (Å²) >= 11 is 1.59. The van der Waals surface area contributed by atoms with Crippen molar-refractivity contribution in [1.82, 2.24) is 4.57 Å². The number of aromatic nitrogens is 1. The fourth-order valence-corrected chi connectivity index (χ4v) is 2.33. The zero-order chi connectivity index (χ0) is 14.7. The van der Waals surface area contributed by atoms with Crippen molar-refractivity contribution in [2.75, 3.05) is 19.1 Å². The van der Waals surface area contributed by atoms with Gasteiger partial charge in [0.05, 0.1) is 18.4 Å². The van der Waals surface area contributed by atoms with Crippen molar-refractivity contribution in [2.24, 2.45) is 0 Å². The number of benzene rings is 1. The summed E-state index contributed by atoms with van der Waals surface area (Å²) in [6.45, 7) is 0. The zero-order valence-electron chi connectivity index (χ0n) is 11.1. The molecule has 102 valence electrons. The number of rotatable bonds is 3. The number of carbonyl (C=O) groups excluding carboxylic acids is 1. The van der Waals surface area contributed by atoms with Crippen molar-refractivity contribution in [1.29, 1.82) is 5.26 Å². The van der Waals surface area contributed by atoms with Crippen LogP contribution >= 0.6 is 11.8 Å². The van der Waals surface area contributed by atoms with Gasteiger partial charge in [0, 0.05) is 16.8 Å². The molecule has 0 saturated heterocycles. The first-order chi connectivity index (χ1) is 9.62. The van der Waals surface area contributed by atoms with Crippen LogP contribution in [0, 0.1) is 11.3 Å². The topological polar surface area (TPSA) is 81.0 Å². The Kier molecular flexibility index (Phi) is 4.01. The van der Waals surface area contributed by atoms with E-state index >= 15 is 0 Å². The van der Waals surface area contributed by atoms with E-state index in [0.29, 0.717) is 0 Å². The molecule has 6 heteroatoms. The Balaban J connectivity index is 2.67. The Hall–Kier alpha value is -2.39. The van der Waals surface area contributed by atoms with Gasteiger partial charge < -0.3 is 15.0 Å². The van der Waals surface area contributed by atoms with Crippen LogP contribution in [0.1, 0.15) is 16.1 Å². The van der Waals surface area contributed by atoms with Crippen LogP contribution in [0.5, 0.6) is 0 Å². The summed E-state index contributed by atoms with van der Waals surface area (Å²) in [6.07, 6.45) is 3.51. The molecule has 0 radical (unpaired) electrons. The van der Waals surface area contributed by atoms with Crippen molar-refractivity contribution in [3.05, 3.63) is 41.7 Å². The van der Waals surface area contributed by atoms with Crippen molar-refractivity contribution in [3.63, 3.8) is 0 Å². The van der Waals surface area contributed by atoms with Gasteiger partial charge in [0.15, 0.2) is 5.69 Å². The Labute approximate surface area is 120 Å². The number of hydrogen-bond acceptors (Lipinski definition) is 5. The van der Waals surface area contributed by atoms with Gasteiger partial charge in [-0.25, -0.2) is 4.79 Å². The van der Waals surface area contributed by atoms with Crippen LogP contribution < -0.4 is 5.73 Å². The number of esters is 1. The quantitative estimate of drug-likeness (QED) is 0.692. The lowest BCUT2D eigenvalue weighted by atomic mass is 10.2. The van der Waals surface area contributed by atoms with E-state index in [9.17, 15) is 4.79 Å². The maximum Gasteiger partial charge on any atom is 0.357 e. The number of carbonyl (C=O) groups is 1. The molecule has 0 fully saturated rings. The van der Waals surface area contributed by atoms with Gasteiger partial charge in [0.1, 0.15) is 6.07 Å². The highest BCUT2D eigenvalue weighted by Gasteiger charge is 2.21. The second-order valence-electron chi connectivity index (χ2n) is 3.98. The Morgan fingerprint density at radius 3 is 2.85 bits per heavy atom. The maximum absolute atomic E-state index is 11.9. The van der Waals surface area contributed by atoms with Crippen LogP contribution in [0.2, 0.25) is 0 Å². The van der Waals surface area contributed by atoms with E-state index in [1.54, 1.807) is 22.5 Å². The van der Waals surface area contributed by atoms with Crippen LogP contribution in [-0.4, -0.2) is 23.9 Å². The minimum atomic E-state index is -0.571. The smallest absolute Gasteiger partial charge is 0.357 e. The summed E-state index contributed by atoms with van der Waals surface area (Å²) < 4.78 is 6.32. The van der Waals surface area contributed by atoms with Crippen molar-refractivity contribution < 1.29 is 9.53 Å². The molecule has 0 unspecified atom stereocenters. The Morgan fingerprint density at radius 1 is 1.50 bits per heavy atom. The predicted molar refractivity (Wildman–Crippen MR) is 78.0 cm³/mol. The SMILES string of the molecule is COC(=O)c1c(N)c(C#N)cn1-c1cccc(SC)c1. The molecule has 0 aliphatic heterocycles. The molecule has 0 atom stereocenters. The maximum atomic E-state index is 11.9. The number of nitrogen functional groups attached to an aromatic ring is 1. The van der Waals surface area contributed by atoms with E-state index in [0.717, 1.165) is 10.6 Å². The van der Waals surface area contributed by atoms with E-state index in [1.165, 1.54) is 7.11 Å². The van der Waals surface area contributed by atoms with Gasteiger partial charge >= 0.3 is 5.97 Å². The number of nitrogens with zero attached hydrogens (tertiary/aromatic N) is 2. The highest BCUT2D eigenvalue weighted by Crippen LogP contribution is 2.26. The first-order valence-electron chi connectivity index (χ1n) is 5.76. The first-order valence-corrected chi connectivity index (χ1v) is 6.98. The van der Waals surface area contributed by atoms with Crippen LogP contribution in [0.15, 0.2) is 35.4 Å². The summed E-state index contributed by atoms with van der Waals surface area (Å²) in [4.78, 5) is 12.9. The molecule has 1 heterocycles. The van der Waals surface area contributed by atoms with Crippen LogP contribution in [-0.2, 0) is 4.74 Å². The van der Waals surface area contributed by atoms with Gasteiger partial charge in [-0.3, -0.25) is 0 Å². The van der Waals surface area contributed by atoms with Gasteiger partial charge in [-0.05, 0) is 24.5 Å². The largest absolute Gasteiger partial charge is 0.464 e. The molecular formula is C14H13N3O2S. The third-order valence-electron chi connectivity index (χ3n) is 2.88. The molecule has 0 bridgehead atoms. The third-order valence-corrected chi connectivity index (χ3v) is 3.60. The van der Waals surface area contributed by atoms with Crippen molar-refractivity contribution >= 4 is 23.4 Å². The fourth-order valence-electron chi connectivity index (χ4n) is 1.88. The highest BCUT2D eigenvalue weighted by atomic mass is 32.2. The summed E-state index contributed by atoms with van der Waals surface area (Å²) in [5.74, 6) is -0.571. The minimum absolute atomic E-state index is 0.133. The summed E-state index contributed by atoms with van der Waals surface area (Å²) in [5, 5.41) is 9.06. The average molecular weight is 287 g/mol. The van der Waals surface area contributed by atoms with Crippen molar-refractivity contribution in [3.8, 4) is 11.8 Å². The fraction of sp³-hybridized carbons (Fsp3) is 0.143. The molecule has 2 N–H and O–H groups in total. The lowest BCUT2D eigenvalue weighted by molar-refractivity contribution is 0.0593. The van der Waals surface area contributed by atoms with E-state index in [4.69, 9.17) is 15.7 Å². The van der Waals surface area contributed by atoms with E-state index in [2.05, 4.69) is 0 Å². The van der Waals surface area contributed by atoms with Gasteiger partial charge in [-0.1, -0.05) is 6.07 Å². The normalized spacial score (nSPS) is 10.1. The second-order valence-corrected chi connectivity index (χ2v) is 4.86. The molecule has 2 aromatic rings. The van der Waals surface area contributed by atoms with Crippen LogP contribution in [0.3, 0.4) is 0 Å². The molecule has 0 amide bonds. The summed E-state index contributed by atoms with van der Waals surface area (Å²) in [5.41, 5.74) is 7.16. The third kappa shape index (κ3) is 2.36. The Bertz CT molecular complexity index is 701. The summed E-state index contributed by atoms with van der Waals surface area (Å²) in [7, 11) is 1.28. The van der Waals surface area contributed by atoms with Crippen LogP contribution in [0.25, 0.3) is 5.69 Å². The molecule has 0 aliphatic rings. The molecule has 1 aromatic carbocycles. The molecule has 0 saturated carbocycles. The molecular weight excluding hydrogens is 274 g/mol. The predicted octanol–water partition coefficient (Wildman–Crippen LogP) is 2.44. The number of ether oxygens (including phenoxy) is 1. The van der Waals surface area contributed by atoms with Gasteiger partial charge in [-0.2, -0.15) is 5.26 Å². The second kappa shape index (κ2) is 5.72. The lowest BCUT2D eigenvalue weighted by Crippen LogP contribution is -2.11. The van der Waals surface area contributed by atoms with E-state index in [-0.39, 0.29) is 16.9 Å². The standard InChI is InChI=1S/C14H13N3O2S/c1-19-14(18)13-12(16)9(7-15)8-17(13)10-4-3-5-11(6-10)20-2/h3-6,8H,16H2,1-2H3. The monoisotopic (exact) mass is 287 g/mol. The van der Waals surface area contributed by atoms with Crippen LogP contribution in [0.4, 0.5) is 5.69 Å². The molecule has 5 nitrogen and oxygen atoms in total. The van der Waals surface area contributed by atoms with E-state index in [1.807, 2.05) is 36.6 Å². The number of anilines is 1. The first kappa shape index (κ1) is 14.0. The highest BCUT2D eigenvalue weighted by molar-refractivity contribution is 7.98. The minimum Gasteiger partial charge on any atom is -0.464 e. The van der Waals surface area contributed by atoms with Gasteiger partial charge in [0.25, 0.3) is 0 Å².